The Balaban J connectivity index is 1.78. The van der Waals surface area contributed by atoms with Crippen LogP contribution in [0.5, 0.6) is 5.75 Å². The lowest BCUT2D eigenvalue weighted by Crippen LogP contribution is -2.31. The van der Waals surface area contributed by atoms with Gasteiger partial charge >= 0.3 is 0 Å². The number of carbonyl (C=O) groups excluding carboxylic acids is 2. The van der Waals surface area contributed by atoms with Crippen LogP contribution < -0.4 is 15.4 Å². The molecule has 1 atom stereocenters. The molecule has 0 bridgehead atoms. The van der Waals surface area contributed by atoms with Gasteiger partial charge in [-0.2, -0.15) is 5.26 Å². The molecule has 0 aliphatic carbocycles. The number of methoxy groups -OCH3 is 1. The highest BCUT2D eigenvalue weighted by Crippen LogP contribution is 2.38. The maximum Gasteiger partial charge on any atom is 0.234 e. The third kappa shape index (κ3) is 5.28. The number of hydrogen-bond donors (Lipinski definition) is 2. The van der Waals surface area contributed by atoms with Crippen LogP contribution in [0.1, 0.15) is 17.9 Å². The van der Waals surface area contributed by atoms with Gasteiger partial charge in [-0.25, -0.2) is 0 Å². The topological polar surface area (TPSA) is 91.2 Å². The Hall–Kier alpha value is -2.66. The van der Waals surface area contributed by atoms with Crippen LogP contribution in [0, 0.1) is 11.3 Å². The van der Waals surface area contributed by atoms with Gasteiger partial charge in [0.1, 0.15) is 5.75 Å². The summed E-state index contributed by atoms with van der Waals surface area (Å²) in [5, 5.41) is 16.4. The summed E-state index contributed by atoms with van der Waals surface area (Å²) in [6, 6.07) is 14.1. The Morgan fingerprint density at radius 2 is 2.13 bits per heavy atom. The molecule has 0 fully saturated rings. The van der Waals surface area contributed by atoms with E-state index >= 15 is 0 Å². The number of nitrogens with one attached hydrogen (secondary N) is 2. The van der Waals surface area contributed by atoms with Crippen molar-refractivity contribution in [2.45, 2.75) is 12.3 Å². The molecular formula is C21H17Cl2N3O3S. The molecule has 0 aromatic heterocycles. The van der Waals surface area contributed by atoms with Gasteiger partial charge in [0.05, 0.1) is 34.6 Å². The van der Waals surface area contributed by atoms with Crippen LogP contribution in [0.3, 0.4) is 0 Å². The molecule has 1 heterocycles. The number of hydrogen-bond acceptors (Lipinski definition) is 5. The van der Waals surface area contributed by atoms with Gasteiger partial charge in [-0.1, -0.05) is 47.1 Å². The normalized spacial score (nSPS) is 15.9. The molecule has 6 nitrogen and oxygen atoms in total. The molecule has 2 aromatic carbocycles. The fourth-order valence-electron chi connectivity index (χ4n) is 3.02. The molecule has 2 aromatic rings. The predicted octanol–water partition coefficient (Wildman–Crippen LogP) is 4.71. The number of thioether (sulfide) groups is 1. The fraction of sp³-hybridized carbons (Fsp3) is 0.190. The van der Waals surface area contributed by atoms with E-state index in [9.17, 15) is 14.9 Å². The van der Waals surface area contributed by atoms with Crippen LogP contribution in [0.15, 0.2) is 53.1 Å². The summed E-state index contributed by atoms with van der Waals surface area (Å²) < 4.78 is 5.16. The van der Waals surface area contributed by atoms with E-state index in [1.807, 2.05) is 0 Å². The number of anilines is 1. The second-order valence-corrected chi connectivity index (χ2v) is 8.23. The highest BCUT2D eigenvalue weighted by molar-refractivity contribution is 8.03. The van der Waals surface area contributed by atoms with Gasteiger partial charge in [-0.15, -0.1) is 0 Å². The second-order valence-electron chi connectivity index (χ2n) is 6.40. The molecule has 0 radical (unpaired) electrons. The van der Waals surface area contributed by atoms with E-state index in [4.69, 9.17) is 27.9 Å². The van der Waals surface area contributed by atoms with Crippen LogP contribution in [0.4, 0.5) is 5.69 Å². The zero-order valence-corrected chi connectivity index (χ0v) is 18.2. The molecule has 30 heavy (non-hydrogen) atoms. The van der Waals surface area contributed by atoms with Crippen LogP contribution in [0.25, 0.3) is 0 Å². The van der Waals surface area contributed by atoms with Gasteiger partial charge < -0.3 is 15.4 Å². The third-order valence-electron chi connectivity index (χ3n) is 4.39. The first-order valence-electron chi connectivity index (χ1n) is 8.87. The summed E-state index contributed by atoms with van der Waals surface area (Å²) in [7, 11) is 1.51. The lowest BCUT2D eigenvalue weighted by molar-refractivity contribution is -0.121. The number of halogens is 2. The van der Waals surface area contributed by atoms with Gasteiger partial charge in [0.15, 0.2) is 0 Å². The monoisotopic (exact) mass is 461 g/mol. The molecule has 0 saturated carbocycles. The first-order valence-corrected chi connectivity index (χ1v) is 10.6. The number of nitriles is 1. The maximum absolute atomic E-state index is 12.3. The molecule has 154 valence electrons. The Morgan fingerprint density at radius 3 is 2.80 bits per heavy atom. The number of allylic oxidation sites excluding steroid dienone is 1. The van der Waals surface area contributed by atoms with Gasteiger partial charge in [0, 0.05) is 23.0 Å². The Bertz CT molecular complexity index is 1070. The molecule has 1 aliphatic rings. The molecule has 0 saturated heterocycles. The van der Waals surface area contributed by atoms with Crippen molar-refractivity contribution < 1.29 is 14.3 Å². The summed E-state index contributed by atoms with van der Waals surface area (Å²) in [6.45, 7) is 0. The quantitative estimate of drug-likeness (QED) is 0.649. The van der Waals surface area contributed by atoms with E-state index in [0.717, 1.165) is 17.3 Å². The summed E-state index contributed by atoms with van der Waals surface area (Å²) in [4.78, 5) is 24.5. The van der Waals surface area contributed by atoms with Crippen molar-refractivity contribution in [1.82, 2.24) is 5.32 Å². The minimum atomic E-state index is -0.453. The fourth-order valence-corrected chi connectivity index (χ4v) is 4.35. The highest BCUT2D eigenvalue weighted by atomic mass is 35.5. The maximum atomic E-state index is 12.3. The van der Waals surface area contributed by atoms with Crippen LogP contribution in [-0.4, -0.2) is 24.7 Å². The summed E-state index contributed by atoms with van der Waals surface area (Å²) in [5.41, 5.74) is 1.69. The van der Waals surface area contributed by atoms with Crippen molar-refractivity contribution in [3.05, 3.63) is 68.7 Å². The third-order valence-corrected chi connectivity index (χ3v) is 5.94. The lowest BCUT2D eigenvalue weighted by Gasteiger charge is -2.25. The van der Waals surface area contributed by atoms with Gasteiger partial charge in [-0.05, 0) is 35.9 Å². The van der Waals surface area contributed by atoms with Crippen molar-refractivity contribution >= 4 is 52.5 Å². The van der Waals surface area contributed by atoms with Crippen molar-refractivity contribution in [3.63, 3.8) is 0 Å². The average molecular weight is 462 g/mol. The Kier molecular flexibility index (Phi) is 7.27. The number of ether oxygens (including phenoxy) is 1. The van der Waals surface area contributed by atoms with Crippen molar-refractivity contribution in [2.75, 3.05) is 18.2 Å². The van der Waals surface area contributed by atoms with Crippen LogP contribution in [-0.2, 0) is 9.59 Å². The molecule has 9 heteroatoms. The van der Waals surface area contributed by atoms with Gasteiger partial charge in [0.25, 0.3) is 0 Å². The second kappa shape index (κ2) is 9.90. The minimum Gasteiger partial charge on any atom is -0.495 e. The van der Waals surface area contributed by atoms with E-state index < -0.39 is 5.92 Å². The largest absolute Gasteiger partial charge is 0.495 e. The standard InChI is InChI=1S/C21H17Cl2N3O3S/c1-29-18-6-5-12(7-17(18)23)15-9-19(27)26-21(16(15)10-24)30-11-20(28)25-14-4-2-3-13(22)8-14/h2-8,15H,9,11H2,1H3,(H,25,28)(H,26,27)/t15-/m0/s1. The molecular weight excluding hydrogens is 445 g/mol. The smallest absolute Gasteiger partial charge is 0.234 e. The van der Waals surface area contributed by atoms with E-state index in [2.05, 4.69) is 16.7 Å². The molecule has 3 rings (SSSR count). The van der Waals surface area contributed by atoms with Gasteiger partial charge in [0.2, 0.25) is 11.8 Å². The summed E-state index contributed by atoms with van der Waals surface area (Å²) in [5.74, 6) is -0.440. The summed E-state index contributed by atoms with van der Waals surface area (Å²) in [6.07, 6.45) is 0.115. The van der Waals surface area contributed by atoms with E-state index in [1.165, 1.54) is 7.11 Å². The van der Waals surface area contributed by atoms with E-state index in [0.29, 0.717) is 32.1 Å². The lowest BCUT2D eigenvalue weighted by atomic mass is 9.87. The first kappa shape index (κ1) is 22.0. The SMILES string of the molecule is COc1ccc([C@@H]2CC(=O)NC(SCC(=O)Nc3cccc(Cl)c3)=C2C#N)cc1Cl. The molecule has 1 aliphatic heterocycles. The number of nitrogens with zero attached hydrogens (tertiary/aromatic N) is 1. The molecule has 2 N–H and O–H groups in total. The molecule has 0 spiro atoms. The highest BCUT2D eigenvalue weighted by Gasteiger charge is 2.30. The Morgan fingerprint density at radius 1 is 1.33 bits per heavy atom. The number of benzene rings is 2. The zero-order valence-electron chi connectivity index (χ0n) is 15.9. The van der Waals surface area contributed by atoms with Crippen molar-refractivity contribution in [1.29, 1.82) is 5.26 Å². The van der Waals surface area contributed by atoms with E-state index in [1.54, 1.807) is 42.5 Å². The van der Waals surface area contributed by atoms with Gasteiger partial charge in [-0.3, -0.25) is 9.59 Å². The number of amides is 2. The van der Waals surface area contributed by atoms with Crippen LogP contribution >= 0.6 is 35.0 Å². The summed E-state index contributed by atoms with van der Waals surface area (Å²) >= 11 is 13.2. The average Bonchev–Trinajstić information content (AvgIpc) is 2.71. The minimum absolute atomic E-state index is 0.0173. The van der Waals surface area contributed by atoms with Crippen molar-refractivity contribution in [3.8, 4) is 11.8 Å². The number of carbonyl (C=O) groups is 2. The number of rotatable bonds is 6. The first-order chi connectivity index (χ1) is 14.4. The van der Waals surface area contributed by atoms with Crippen molar-refractivity contribution in [2.24, 2.45) is 0 Å². The zero-order chi connectivity index (χ0) is 21.7. The van der Waals surface area contributed by atoms with Crippen LogP contribution in [0.2, 0.25) is 10.0 Å². The molecule has 2 amide bonds. The Labute approximate surface area is 188 Å². The van der Waals surface area contributed by atoms with E-state index in [-0.39, 0.29) is 24.0 Å². The predicted molar refractivity (Wildman–Crippen MR) is 119 cm³/mol. The molecule has 0 unspecified atom stereocenters.